The third-order valence-corrected chi connectivity index (χ3v) is 13.7. The van der Waals surface area contributed by atoms with Crippen molar-refractivity contribution in [1.29, 1.82) is 0 Å². The Morgan fingerprint density at radius 1 is 0.368 bits per heavy atom. The topological polar surface area (TPSA) is 69.6 Å². The molecule has 0 aromatic carbocycles. The maximum absolute atomic E-state index is 12.5. The molecule has 2 unspecified atom stereocenters. The van der Waals surface area contributed by atoms with Crippen LogP contribution in [0, 0.1) is 0 Å². The number of hydrogen-bond acceptors (Lipinski definition) is 3. The van der Waals surface area contributed by atoms with Gasteiger partial charge in [-0.3, -0.25) is 4.79 Å². The highest BCUT2D eigenvalue weighted by Gasteiger charge is 2.18. The smallest absolute Gasteiger partial charge is 0.220 e. The molecular weight excluding hydrogens is 831 g/mol. The zero-order valence-corrected chi connectivity index (χ0v) is 45.6. The number of amides is 1. The standard InChI is InChI=1S/C64H117NO3/c1-3-5-7-9-11-13-15-17-19-21-23-25-27-29-30-31-32-33-34-36-37-39-41-43-45-47-49-51-53-55-57-59-63(67)62(61-66)65-64(68)60-58-56-54-52-50-48-46-44-42-40-38-35-28-26-24-22-20-18-16-14-12-10-8-6-4-2/h6,8,12,14,18,20,24,26,49,51,57,59,62-63,66-67H,3-5,7,9-11,13,15-17,19,21-23,25,27-48,50,52-56,58,60-61H2,1-2H3,(H,65,68)/b8-6-,14-12-,20-18-,26-24-,51-49+,59-57+. The first-order valence-corrected chi connectivity index (χ1v) is 30.2. The summed E-state index contributed by atoms with van der Waals surface area (Å²) < 4.78 is 0. The molecule has 4 nitrogen and oxygen atoms in total. The van der Waals surface area contributed by atoms with Gasteiger partial charge in [0.1, 0.15) is 0 Å². The largest absolute Gasteiger partial charge is 0.394 e. The van der Waals surface area contributed by atoms with Crippen molar-refractivity contribution in [2.75, 3.05) is 6.61 Å². The average molecular weight is 949 g/mol. The van der Waals surface area contributed by atoms with Crippen LogP contribution >= 0.6 is 0 Å². The van der Waals surface area contributed by atoms with Gasteiger partial charge >= 0.3 is 0 Å². The lowest BCUT2D eigenvalue weighted by molar-refractivity contribution is -0.123. The number of carbonyl (C=O) groups excluding carboxylic acids is 1. The van der Waals surface area contributed by atoms with E-state index in [0.29, 0.717) is 6.42 Å². The summed E-state index contributed by atoms with van der Waals surface area (Å²) in [6, 6.07) is -0.645. The van der Waals surface area contributed by atoms with Gasteiger partial charge in [0, 0.05) is 6.42 Å². The molecule has 0 spiro atoms. The Balaban J connectivity index is 3.51. The number of rotatable bonds is 55. The Hall–Kier alpha value is -2.17. The zero-order valence-electron chi connectivity index (χ0n) is 45.6. The van der Waals surface area contributed by atoms with Crippen molar-refractivity contribution >= 4 is 5.91 Å². The molecule has 0 saturated carbocycles. The molecule has 0 aromatic rings. The Morgan fingerprint density at radius 2 is 0.662 bits per heavy atom. The minimum absolute atomic E-state index is 0.0752. The molecule has 0 radical (unpaired) electrons. The van der Waals surface area contributed by atoms with Crippen LogP contribution in [0.3, 0.4) is 0 Å². The second-order valence-electron chi connectivity index (χ2n) is 20.4. The molecule has 3 N–H and O–H groups in total. The van der Waals surface area contributed by atoms with Crippen molar-refractivity contribution in [2.24, 2.45) is 0 Å². The van der Waals surface area contributed by atoms with Crippen molar-refractivity contribution in [3.8, 4) is 0 Å². The Kier molecular flexibility index (Phi) is 57.3. The molecule has 0 saturated heterocycles. The van der Waals surface area contributed by atoms with E-state index >= 15 is 0 Å². The summed E-state index contributed by atoms with van der Waals surface area (Å²) in [4.78, 5) is 12.5. The molecule has 396 valence electrons. The highest BCUT2D eigenvalue weighted by molar-refractivity contribution is 5.76. The molecule has 0 aliphatic rings. The van der Waals surface area contributed by atoms with Crippen molar-refractivity contribution in [1.82, 2.24) is 5.32 Å². The van der Waals surface area contributed by atoms with Crippen LogP contribution in [0.4, 0.5) is 0 Å². The van der Waals surface area contributed by atoms with Gasteiger partial charge in [0.05, 0.1) is 18.8 Å². The summed E-state index contributed by atoms with van der Waals surface area (Å²) in [6.07, 6.45) is 85.2. The van der Waals surface area contributed by atoms with E-state index < -0.39 is 12.1 Å². The number of aliphatic hydroxyl groups is 2. The van der Waals surface area contributed by atoms with Crippen LogP contribution < -0.4 is 5.32 Å². The highest BCUT2D eigenvalue weighted by Crippen LogP contribution is 2.17. The number of carbonyl (C=O) groups is 1. The van der Waals surface area contributed by atoms with Crippen molar-refractivity contribution in [2.45, 2.75) is 321 Å². The maximum atomic E-state index is 12.5. The predicted octanol–water partition coefficient (Wildman–Crippen LogP) is 20.1. The third kappa shape index (κ3) is 54.8. The van der Waals surface area contributed by atoms with Gasteiger partial charge in [-0.15, -0.1) is 0 Å². The monoisotopic (exact) mass is 948 g/mol. The summed E-state index contributed by atoms with van der Waals surface area (Å²) in [6.45, 7) is 4.21. The van der Waals surface area contributed by atoms with Gasteiger partial charge in [-0.05, 0) is 70.6 Å². The number of allylic oxidation sites excluding steroid dienone is 11. The number of nitrogens with one attached hydrogen (secondary N) is 1. The molecule has 0 aromatic heterocycles. The van der Waals surface area contributed by atoms with Gasteiger partial charge in [0.2, 0.25) is 5.91 Å². The molecule has 0 aliphatic carbocycles. The maximum Gasteiger partial charge on any atom is 0.220 e. The van der Waals surface area contributed by atoms with Gasteiger partial charge in [-0.1, -0.05) is 305 Å². The van der Waals surface area contributed by atoms with Gasteiger partial charge in [0.15, 0.2) is 0 Å². The second kappa shape index (κ2) is 59.1. The van der Waals surface area contributed by atoms with Gasteiger partial charge < -0.3 is 15.5 Å². The first-order chi connectivity index (χ1) is 33.7. The van der Waals surface area contributed by atoms with Gasteiger partial charge in [-0.2, -0.15) is 0 Å². The number of aliphatic hydroxyl groups excluding tert-OH is 2. The minimum Gasteiger partial charge on any atom is -0.394 e. The van der Waals surface area contributed by atoms with Crippen molar-refractivity contribution in [3.63, 3.8) is 0 Å². The fraction of sp³-hybridized carbons (Fsp3) is 0.797. The highest BCUT2D eigenvalue weighted by atomic mass is 16.3. The Labute approximate surface area is 425 Å². The zero-order chi connectivity index (χ0) is 49.2. The molecule has 0 bridgehead atoms. The van der Waals surface area contributed by atoms with Crippen LogP contribution in [-0.2, 0) is 4.79 Å². The van der Waals surface area contributed by atoms with Crippen LogP contribution in [0.25, 0.3) is 0 Å². The van der Waals surface area contributed by atoms with E-state index in [4.69, 9.17) is 0 Å². The number of unbranched alkanes of at least 4 members (excludes halogenated alkanes) is 38. The fourth-order valence-corrected chi connectivity index (χ4v) is 9.13. The molecule has 0 rings (SSSR count). The Morgan fingerprint density at radius 3 is 1.03 bits per heavy atom. The van der Waals surface area contributed by atoms with Gasteiger partial charge in [-0.25, -0.2) is 0 Å². The predicted molar refractivity (Wildman–Crippen MR) is 304 cm³/mol. The van der Waals surface area contributed by atoms with E-state index in [-0.39, 0.29) is 12.5 Å². The molecule has 0 aliphatic heterocycles. The summed E-state index contributed by atoms with van der Waals surface area (Å²) in [5.41, 5.74) is 0. The third-order valence-electron chi connectivity index (χ3n) is 13.7. The lowest BCUT2D eigenvalue weighted by Gasteiger charge is -2.19. The second-order valence-corrected chi connectivity index (χ2v) is 20.4. The van der Waals surface area contributed by atoms with E-state index in [0.717, 1.165) is 57.8 Å². The minimum atomic E-state index is -0.868. The molecule has 0 fully saturated rings. The van der Waals surface area contributed by atoms with E-state index in [1.54, 1.807) is 6.08 Å². The van der Waals surface area contributed by atoms with Crippen LogP contribution in [0.2, 0.25) is 0 Å². The first-order valence-electron chi connectivity index (χ1n) is 30.2. The van der Waals surface area contributed by atoms with Gasteiger partial charge in [0.25, 0.3) is 0 Å². The summed E-state index contributed by atoms with van der Waals surface area (Å²) in [5, 5.41) is 23.2. The van der Waals surface area contributed by atoms with Crippen LogP contribution in [0.15, 0.2) is 72.9 Å². The summed E-state index contributed by atoms with van der Waals surface area (Å²) in [5.74, 6) is -0.0752. The van der Waals surface area contributed by atoms with E-state index in [2.05, 4.69) is 79.9 Å². The molecular formula is C64H117NO3. The summed E-state index contributed by atoms with van der Waals surface area (Å²) >= 11 is 0. The lowest BCUT2D eigenvalue weighted by Crippen LogP contribution is -2.45. The first kappa shape index (κ1) is 65.8. The van der Waals surface area contributed by atoms with Crippen molar-refractivity contribution in [3.05, 3.63) is 72.9 Å². The molecule has 4 heteroatoms. The molecule has 0 heterocycles. The quantitative estimate of drug-likeness (QED) is 0.0420. The van der Waals surface area contributed by atoms with E-state index in [9.17, 15) is 15.0 Å². The van der Waals surface area contributed by atoms with Crippen molar-refractivity contribution < 1.29 is 15.0 Å². The van der Waals surface area contributed by atoms with Crippen LogP contribution in [0.5, 0.6) is 0 Å². The van der Waals surface area contributed by atoms with Crippen LogP contribution in [0.1, 0.15) is 309 Å². The Bertz CT molecular complexity index is 1170. The molecule has 68 heavy (non-hydrogen) atoms. The van der Waals surface area contributed by atoms with E-state index in [1.807, 2.05) is 6.08 Å². The molecule has 2 atom stereocenters. The molecule has 1 amide bonds. The summed E-state index contributed by atoms with van der Waals surface area (Å²) in [7, 11) is 0. The SMILES string of the molecule is CC/C=C\C/C=C\C/C=C\C/C=C\CCCCCCCCCCCCCCC(=O)NC(CO)C(O)/C=C/CC/C=C/CCCCCCCCCCCCCCCCCCCCCCCCCCC. The lowest BCUT2D eigenvalue weighted by atomic mass is 10.0. The fourth-order valence-electron chi connectivity index (χ4n) is 9.13. The van der Waals surface area contributed by atoms with E-state index in [1.165, 1.54) is 231 Å². The number of hydrogen-bond donors (Lipinski definition) is 3. The van der Waals surface area contributed by atoms with Crippen LogP contribution in [-0.4, -0.2) is 34.9 Å². The normalized spacial score (nSPS) is 13.3. The average Bonchev–Trinajstić information content (AvgIpc) is 3.34.